The van der Waals surface area contributed by atoms with Crippen LogP contribution < -0.4 is 0 Å². The topological polar surface area (TPSA) is 20.3 Å². The summed E-state index contributed by atoms with van der Waals surface area (Å²) < 4.78 is -0.172. The highest BCUT2D eigenvalue weighted by Crippen LogP contribution is 2.59. The average Bonchev–Trinajstić information content (AvgIpc) is 3.08. The van der Waals surface area contributed by atoms with E-state index in [0.29, 0.717) is 5.78 Å². The molecule has 3 aliphatic heterocycles. The summed E-state index contributed by atoms with van der Waals surface area (Å²) in [5.74, 6) is 2.40. The molecule has 3 heterocycles. The monoisotopic (exact) mass is 365 g/mol. The van der Waals surface area contributed by atoms with E-state index in [2.05, 4.69) is 60.5 Å². The molecule has 5 rings (SSSR count). The van der Waals surface area contributed by atoms with E-state index in [9.17, 15) is 4.79 Å². The Labute approximate surface area is 156 Å². The first-order valence-corrected chi connectivity index (χ1v) is 10.6. The summed E-state index contributed by atoms with van der Waals surface area (Å²) in [4.78, 5) is 15.5. The molecule has 1 saturated heterocycles. The number of benzene rings is 1. The fraction of sp³-hybridized carbons (Fsp3) is 0.286. The molecule has 0 saturated carbocycles. The number of nitrogens with zero attached hydrogens (tertiary/aromatic N) is 1. The zero-order valence-corrected chi connectivity index (χ0v) is 15.9. The van der Waals surface area contributed by atoms with Crippen LogP contribution in [0.15, 0.2) is 59.5 Å². The van der Waals surface area contributed by atoms with E-state index in [-0.39, 0.29) is 10.00 Å². The third-order valence-electron chi connectivity index (χ3n) is 5.54. The number of fused-ring (bicyclic) bond motifs is 6. The molecular weight excluding hydrogens is 346 g/mol. The van der Waals surface area contributed by atoms with Crippen molar-refractivity contribution in [2.75, 3.05) is 11.5 Å². The lowest BCUT2D eigenvalue weighted by atomic mass is 9.79. The van der Waals surface area contributed by atoms with Gasteiger partial charge in [-0.2, -0.15) is 0 Å². The third-order valence-corrected chi connectivity index (χ3v) is 8.93. The van der Waals surface area contributed by atoms with Gasteiger partial charge in [-0.3, -0.25) is 4.79 Å². The largest absolute Gasteiger partial charge is 0.320 e. The molecule has 1 aliphatic carbocycles. The van der Waals surface area contributed by atoms with E-state index in [1.54, 1.807) is 0 Å². The van der Waals surface area contributed by atoms with Gasteiger partial charge in [0.05, 0.1) is 15.7 Å². The van der Waals surface area contributed by atoms with Crippen LogP contribution in [-0.2, 0) is 4.79 Å². The first-order valence-electron chi connectivity index (χ1n) is 8.62. The summed E-state index contributed by atoms with van der Waals surface area (Å²) in [6.07, 6.45) is 8.88. The molecule has 1 aromatic rings. The SMILES string of the molecule is CC1=C(C)C(=O)C2C(=C1)N1C=Cc3ccccc3C1=CC21SCCS1. The number of carbonyl (C=O) groups is 1. The summed E-state index contributed by atoms with van der Waals surface area (Å²) in [7, 11) is 0. The Morgan fingerprint density at radius 3 is 2.72 bits per heavy atom. The molecule has 1 atom stereocenters. The lowest BCUT2D eigenvalue weighted by molar-refractivity contribution is -0.118. The number of ketones is 1. The van der Waals surface area contributed by atoms with Crippen molar-refractivity contribution >= 4 is 41.1 Å². The maximum Gasteiger partial charge on any atom is 0.170 e. The molecule has 1 fully saturated rings. The molecule has 4 aliphatic rings. The maximum atomic E-state index is 13.2. The van der Waals surface area contributed by atoms with Gasteiger partial charge in [0.2, 0.25) is 0 Å². The quantitative estimate of drug-likeness (QED) is 0.650. The van der Waals surface area contributed by atoms with Crippen molar-refractivity contribution in [3.8, 4) is 0 Å². The summed E-state index contributed by atoms with van der Waals surface area (Å²) in [5.41, 5.74) is 6.87. The fourth-order valence-corrected chi connectivity index (χ4v) is 7.45. The van der Waals surface area contributed by atoms with Crippen LogP contribution in [0.1, 0.15) is 25.0 Å². The van der Waals surface area contributed by atoms with Gasteiger partial charge >= 0.3 is 0 Å². The second-order valence-corrected chi connectivity index (χ2v) is 9.90. The van der Waals surface area contributed by atoms with E-state index in [0.717, 1.165) is 28.3 Å². The summed E-state index contributed by atoms with van der Waals surface area (Å²) >= 11 is 3.88. The molecule has 0 radical (unpaired) electrons. The number of hydrogen-bond donors (Lipinski definition) is 0. The zero-order valence-electron chi connectivity index (χ0n) is 14.3. The van der Waals surface area contributed by atoms with Crippen LogP contribution in [0.3, 0.4) is 0 Å². The van der Waals surface area contributed by atoms with Gasteiger partial charge in [0.25, 0.3) is 0 Å². The Balaban J connectivity index is 1.78. The first kappa shape index (κ1) is 15.6. The van der Waals surface area contributed by atoms with Crippen LogP contribution in [0.25, 0.3) is 11.8 Å². The van der Waals surface area contributed by atoms with Crippen molar-refractivity contribution in [2.24, 2.45) is 5.92 Å². The minimum atomic E-state index is -0.172. The van der Waals surface area contributed by atoms with Crippen LogP contribution in [-0.4, -0.2) is 26.3 Å². The molecule has 1 aromatic carbocycles. The highest BCUT2D eigenvalue weighted by Gasteiger charge is 2.53. The van der Waals surface area contributed by atoms with E-state index >= 15 is 0 Å². The molecule has 0 N–H and O–H groups in total. The normalized spacial score (nSPS) is 26.2. The smallest absolute Gasteiger partial charge is 0.170 e. The number of thioether (sulfide) groups is 2. The van der Waals surface area contributed by atoms with E-state index in [1.807, 2.05) is 30.4 Å². The van der Waals surface area contributed by atoms with Gasteiger partial charge in [-0.1, -0.05) is 24.3 Å². The molecular formula is C21H19NOS2. The summed E-state index contributed by atoms with van der Waals surface area (Å²) in [6.45, 7) is 4.03. The van der Waals surface area contributed by atoms with Gasteiger partial charge < -0.3 is 4.90 Å². The van der Waals surface area contributed by atoms with Crippen molar-refractivity contribution in [3.63, 3.8) is 0 Å². The highest BCUT2D eigenvalue weighted by molar-refractivity contribution is 8.21. The molecule has 0 aromatic heterocycles. The average molecular weight is 366 g/mol. The van der Waals surface area contributed by atoms with E-state index in [4.69, 9.17) is 0 Å². The molecule has 1 spiro atoms. The molecule has 126 valence electrons. The molecule has 1 unspecified atom stereocenters. The Hall–Kier alpha value is -1.65. The predicted octanol–water partition coefficient (Wildman–Crippen LogP) is 4.92. The standard InChI is InChI=1S/C21H19NOS2/c1-13-11-17-19(20(23)14(13)2)21(24-9-10-25-21)12-18-16-6-4-3-5-15(16)7-8-22(17)18/h3-8,11-12,19H,9-10H2,1-2H3. The highest BCUT2D eigenvalue weighted by atomic mass is 32.2. The fourth-order valence-electron chi connectivity index (χ4n) is 4.14. The summed E-state index contributed by atoms with van der Waals surface area (Å²) in [6, 6.07) is 8.53. The van der Waals surface area contributed by atoms with Crippen molar-refractivity contribution in [3.05, 3.63) is 70.6 Å². The minimum Gasteiger partial charge on any atom is -0.320 e. The molecule has 2 nitrogen and oxygen atoms in total. The van der Waals surface area contributed by atoms with Crippen molar-refractivity contribution in [1.82, 2.24) is 4.90 Å². The number of Topliss-reactive ketones (excluding diaryl/α,β-unsaturated/α-hetero) is 1. The zero-order chi connectivity index (χ0) is 17.2. The van der Waals surface area contributed by atoms with Gasteiger partial charge in [0.15, 0.2) is 5.78 Å². The lowest BCUT2D eigenvalue weighted by Crippen LogP contribution is -2.45. The second-order valence-electron chi connectivity index (χ2n) is 6.90. The van der Waals surface area contributed by atoms with E-state index < -0.39 is 0 Å². The Morgan fingerprint density at radius 2 is 1.92 bits per heavy atom. The minimum absolute atomic E-state index is 0.0904. The van der Waals surface area contributed by atoms with Crippen LogP contribution in [0.4, 0.5) is 0 Å². The van der Waals surface area contributed by atoms with Crippen LogP contribution in [0.2, 0.25) is 0 Å². The number of carbonyl (C=O) groups excluding carboxylic acids is 1. The molecule has 0 bridgehead atoms. The Bertz CT molecular complexity index is 916. The van der Waals surface area contributed by atoms with Crippen LogP contribution in [0, 0.1) is 5.92 Å². The van der Waals surface area contributed by atoms with Crippen molar-refractivity contribution in [1.29, 1.82) is 0 Å². The predicted molar refractivity (Wildman–Crippen MR) is 108 cm³/mol. The first-order chi connectivity index (χ1) is 12.1. The Kier molecular flexibility index (Phi) is 3.38. The molecule has 4 heteroatoms. The maximum absolute atomic E-state index is 13.2. The van der Waals surface area contributed by atoms with Crippen LogP contribution in [0.5, 0.6) is 0 Å². The second kappa shape index (κ2) is 5.42. The van der Waals surface area contributed by atoms with Crippen molar-refractivity contribution < 1.29 is 4.79 Å². The molecule has 0 amide bonds. The van der Waals surface area contributed by atoms with Gasteiger partial charge in [-0.15, -0.1) is 23.5 Å². The lowest BCUT2D eigenvalue weighted by Gasteiger charge is -2.47. The summed E-state index contributed by atoms with van der Waals surface area (Å²) in [5, 5.41) is 0. The number of hydrogen-bond acceptors (Lipinski definition) is 4. The van der Waals surface area contributed by atoms with Gasteiger partial charge in [0.1, 0.15) is 0 Å². The van der Waals surface area contributed by atoms with Gasteiger partial charge in [-0.05, 0) is 48.8 Å². The Morgan fingerprint density at radius 1 is 1.16 bits per heavy atom. The third kappa shape index (κ3) is 2.10. The van der Waals surface area contributed by atoms with Crippen molar-refractivity contribution in [2.45, 2.75) is 17.9 Å². The number of allylic oxidation sites excluding steroid dienone is 4. The van der Waals surface area contributed by atoms with E-state index in [1.165, 1.54) is 16.8 Å². The molecule has 25 heavy (non-hydrogen) atoms. The van der Waals surface area contributed by atoms with Crippen LogP contribution >= 0.6 is 23.5 Å². The van der Waals surface area contributed by atoms with Gasteiger partial charge in [-0.25, -0.2) is 0 Å². The van der Waals surface area contributed by atoms with Gasteiger partial charge in [0, 0.05) is 29.0 Å². The number of rotatable bonds is 0.